The monoisotopic (exact) mass is 254 g/mol. The molecule has 3 nitrogen and oxygen atoms in total. The maximum atomic E-state index is 12.2. The second kappa shape index (κ2) is 5.41. The van der Waals surface area contributed by atoms with E-state index in [0.29, 0.717) is 23.1 Å². The smallest absolute Gasteiger partial charge is 0.253 e. The average molecular weight is 255 g/mol. The van der Waals surface area contributed by atoms with Gasteiger partial charge in [0.25, 0.3) is 5.91 Å². The molecule has 0 radical (unpaired) electrons. The Morgan fingerprint density at radius 3 is 2.41 bits per heavy atom. The Balaban J connectivity index is 0.00000144. The highest BCUT2D eigenvalue weighted by atomic mass is 35.5. The Kier molecular flexibility index (Phi) is 4.40. The first-order chi connectivity index (χ1) is 7.58. The lowest BCUT2D eigenvalue weighted by molar-refractivity contribution is 0.0785. The number of nitrogen functional groups attached to an aromatic ring is 1. The van der Waals surface area contributed by atoms with Gasteiger partial charge in [-0.15, -0.1) is 12.4 Å². The summed E-state index contributed by atoms with van der Waals surface area (Å²) in [5.41, 5.74) is 7.02. The molecule has 1 aliphatic heterocycles. The topological polar surface area (TPSA) is 46.3 Å². The third-order valence-corrected chi connectivity index (χ3v) is 3.41. The lowest BCUT2D eigenvalue weighted by atomic mass is 10.0. The van der Waals surface area contributed by atoms with Crippen molar-refractivity contribution < 1.29 is 4.79 Å². The zero-order chi connectivity index (χ0) is 11.7. The number of carbonyl (C=O) groups excluding carboxylic acids is 1. The highest BCUT2D eigenvalue weighted by molar-refractivity contribution is 5.95. The molecule has 0 aromatic heterocycles. The van der Waals surface area contributed by atoms with Gasteiger partial charge in [-0.05, 0) is 30.0 Å². The Morgan fingerprint density at radius 2 is 1.88 bits per heavy atom. The van der Waals surface area contributed by atoms with E-state index in [4.69, 9.17) is 5.73 Å². The normalized spacial score (nSPS) is 23.3. The molecule has 0 saturated carbocycles. The highest BCUT2D eigenvalue weighted by Gasteiger charge is 2.29. The molecule has 2 rings (SSSR count). The van der Waals surface area contributed by atoms with Crippen molar-refractivity contribution in [1.29, 1.82) is 0 Å². The molecule has 1 amide bonds. The molecule has 2 N–H and O–H groups in total. The van der Waals surface area contributed by atoms with Gasteiger partial charge >= 0.3 is 0 Å². The largest absolute Gasteiger partial charge is 0.399 e. The number of anilines is 1. The van der Waals surface area contributed by atoms with Crippen molar-refractivity contribution >= 4 is 24.0 Å². The molecule has 1 aromatic rings. The van der Waals surface area contributed by atoms with Gasteiger partial charge in [0.2, 0.25) is 0 Å². The number of likely N-dealkylation sites (tertiary alicyclic amines) is 1. The van der Waals surface area contributed by atoms with Gasteiger partial charge in [0.1, 0.15) is 0 Å². The van der Waals surface area contributed by atoms with Gasteiger partial charge in [-0.3, -0.25) is 4.79 Å². The molecule has 1 heterocycles. The molecule has 1 aliphatic rings. The van der Waals surface area contributed by atoms with Crippen molar-refractivity contribution in [2.75, 3.05) is 18.8 Å². The number of rotatable bonds is 1. The fraction of sp³-hybridized carbons (Fsp3) is 0.462. The predicted molar refractivity (Wildman–Crippen MR) is 72.3 cm³/mol. The molecule has 4 heteroatoms. The molecule has 94 valence electrons. The van der Waals surface area contributed by atoms with Crippen LogP contribution >= 0.6 is 12.4 Å². The maximum Gasteiger partial charge on any atom is 0.253 e. The molecular weight excluding hydrogens is 236 g/mol. The molecule has 2 unspecified atom stereocenters. The fourth-order valence-electron chi connectivity index (χ4n) is 2.15. The zero-order valence-electron chi connectivity index (χ0n) is 10.2. The fourth-order valence-corrected chi connectivity index (χ4v) is 2.15. The maximum absolute atomic E-state index is 12.2. The van der Waals surface area contributed by atoms with Crippen LogP contribution in [0, 0.1) is 11.8 Å². The van der Waals surface area contributed by atoms with Crippen LogP contribution in [0.5, 0.6) is 0 Å². The Bertz CT molecular complexity index is 398. The first-order valence-corrected chi connectivity index (χ1v) is 5.72. The van der Waals surface area contributed by atoms with E-state index < -0.39 is 0 Å². The lowest BCUT2D eigenvalue weighted by Gasteiger charge is -2.16. The Hall–Kier alpha value is -1.22. The van der Waals surface area contributed by atoms with E-state index in [1.54, 1.807) is 12.1 Å². The van der Waals surface area contributed by atoms with Gasteiger partial charge in [-0.25, -0.2) is 0 Å². The van der Waals surface area contributed by atoms with E-state index in [2.05, 4.69) is 13.8 Å². The highest BCUT2D eigenvalue weighted by Crippen LogP contribution is 2.24. The molecule has 1 saturated heterocycles. The lowest BCUT2D eigenvalue weighted by Crippen LogP contribution is -2.28. The SMILES string of the molecule is CC1CN(C(=O)c2cccc(N)c2)CC1C.Cl. The van der Waals surface area contributed by atoms with E-state index in [9.17, 15) is 4.79 Å². The van der Waals surface area contributed by atoms with Crippen LogP contribution in [0.3, 0.4) is 0 Å². The minimum absolute atomic E-state index is 0. The first kappa shape index (κ1) is 13.8. The van der Waals surface area contributed by atoms with E-state index >= 15 is 0 Å². The van der Waals surface area contributed by atoms with Crippen LogP contribution in [-0.4, -0.2) is 23.9 Å². The molecule has 17 heavy (non-hydrogen) atoms. The molecule has 1 aromatic carbocycles. The van der Waals surface area contributed by atoms with Gasteiger partial charge in [-0.2, -0.15) is 0 Å². The van der Waals surface area contributed by atoms with Crippen molar-refractivity contribution in [1.82, 2.24) is 4.90 Å². The first-order valence-electron chi connectivity index (χ1n) is 5.72. The van der Waals surface area contributed by atoms with Crippen LogP contribution in [-0.2, 0) is 0 Å². The molecule has 0 bridgehead atoms. The van der Waals surface area contributed by atoms with Crippen LogP contribution in [0.4, 0.5) is 5.69 Å². The van der Waals surface area contributed by atoms with E-state index in [1.165, 1.54) is 0 Å². The minimum atomic E-state index is 0. The van der Waals surface area contributed by atoms with E-state index in [1.807, 2.05) is 17.0 Å². The number of hydrogen-bond acceptors (Lipinski definition) is 2. The quantitative estimate of drug-likeness (QED) is 0.783. The molecule has 1 fully saturated rings. The molecule has 2 atom stereocenters. The summed E-state index contributed by atoms with van der Waals surface area (Å²) >= 11 is 0. The zero-order valence-corrected chi connectivity index (χ0v) is 11.0. The van der Waals surface area contributed by atoms with Gasteiger partial charge in [-0.1, -0.05) is 19.9 Å². The predicted octanol–water partition coefficient (Wildman–Crippen LogP) is 2.42. The van der Waals surface area contributed by atoms with Crippen LogP contribution in [0.15, 0.2) is 24.3 Å². The number of carbonyl (C=O) groups is 1. The molecule has 0 aliphatic carbocycles. The number of halogens is 1. The number of nitrogens with two attached hydrogens (primary N) is 1. The standard InChI is InChI=1S/C13H18N2O.ClH/c1-9-7-15(8-10(9)2)13(16)11-4-3-5-12(14)6-11;/h3-6,9-10H,7-8,14H2,1-2H3;1H. The second-order valence-corrected chi connectivity index (χ2v) is 4.79. The number of hydrogen-bond donors (Lipinski definition) is 1. The summed E-state index contributed by atoms with van der Waals surface area (Å²) < 4.78 is 0. The average Bonchev–Trinajstić information content (AvgIpc) is 2.58. The van der Waals surface area contributed by atoms with Gasteiger partial charge in [0.15, 0.2) is 0 Å². The van der Waals surface area contributed by atoms with Gasteiger partial charge in [0, 0.05) is 24.3 Å². The van der Waals surface area contributed by atoms with E-state index in [-0.39, 0.29) is 18.3 Å². The summed E-state index contributed by atoms with van der Waals surface area (Å²) in [6.45, 7) is 6.10. The second-order valence-electron chi connectivity index (χ2n) is 4.79. The Labute approximate surface area is 108 Å². The summed E-state index contributed by atoms with van der Waals surface area (Å²) in [7, 11) is 0. The van der Waals surface area contributed by atoms with Gasteiger partial charge in [0.05, 0.1) is 0 Å². The van der Waals surface area contributed by atoms with Crippen LogP contribution in [0.25, 0.3) is 0 Å². The van der Waals surface area contributed by atoms with Crippen molar-refractivity contribution in [3.05, 3.63) is 29.8 Å². The summed E-state index contributed by atoms with van der Waals surface area (Å²) in [6, 6.07) is 7.19. The van der Waals surface area contributed by atoms with Crippen molar-refractivity contribution in [3.8, 4) is 0 Å². The van der Waals surface area contributed by atoms with Crippen molar-refractivity contribution in [3.63, 3.8) is 0 Å². The summed E-state index contributed by atoms with van der Waals surface area (Å²) in [5.74, 6) is 1.28. The van der Waals surface area contributed by atoms with Crippen LogP contribution < -0.4 is 5.73 Å². The van der Waals surface area contributed by atoms with Gasteiger partial charge < -0.3 is 10.6 Å². The van der Waals surface area contributed by atoms with Crippen molar-refractivity contribution in [2.24, 2.45) is 11.8 Å². The number of benzene rings is 1. The molecule has 0 spiro atoms. The number of nitrogens with zero attached hydrogens (tertiary/aromatic N) is 1. The minimum Gasteiger partial charge on any atom is -0.399 e. The van der Waals surface area contributed by atoms with Crippen LogP contribution in [0.2, 0.25) is 0 Å². The van der Waals surface area contributed by atoms with Crippen LogP contribution in [0.1, 0.15) is 24.2 Å². The number of amides is 1. The Morgan fingerprint density at radius 1 is 1.29 bits per heavy atom. The third kappa shape index (κ3) is 2.91. The summed E-state index contributed by atoms with van der Waals surface area (Å²) in [6.07, 6.45) is 0. The third-order valence-electron chi connectivity index (χ3n) is 3.41. The summed E-state index contributed by atoms with van der Waals surface area (Å²) in [4.78, 5) is 14.1. The summed E-state index contributed by atoms with van der Waals surface area (Å²) in [5, 5.41) is 0. The van der Waals surface area contributed by atoms with Crippen molar-refractivity contribution in [2.45, 2.75) is 13.8 Å². The van der Waals surface area contributed by atoms with E-state index in [0.717, 1.165) is 13.1 Å². The molecular formula is C13H19ClN2O.